The van der Waals surface area contributed by atoms with Crippen molar-refractivity contribution >= 4 is 0 Å². The Hall–Kier alpha value is 0.410. The van der Waals surface area contributed by atoms with Gasteiger partial charge in [-0.1, -0.05) is 13.8 Å². The molecular formula is C12H14Cl2Hf. The molecule has 3 heteroatoms. The van der Waals surface area contributed by atoms with E-state index in [1.807, 2.05) is 0 Å². The van der Waals surface area contributed by atoms with Crippen LogP contribution >= 0.6 is 0 Å². The second-order valence-corrected chi connectivity index (χ2v) is 2.93. The molecule has 0 spiro atoms. The molecule has 0 aromatic rings. The van der Waals surface area contributed by atoms with E-state index in [9.17, 15) is 0 Å². The average Bonchev–Trinajstić information content (AvgIpc) is 2.63. The maximum absolute atomic E-state index is 3.12. The van der Waals surface area contributed by atoms with Gasteiger partial charge in [-0.3, -0.25) is 12.2 Å². The molecule has 0 nitrogen and oxygen atoms in total. The third-order valence-corrected chi connectivity index (χ3v) is 1.73. The predicted molar refractivity (Wildman–Crippen MR) is 52.4 cm³/mol. The van der Waals surface area contributed by atoms with Crippen LogP contribution in [0.1, 0.15) is 26.7 Å². The molecule has 0 radical (unpaired) electrons. The van der Waals surface area contributed by atoms with E-state index >= 15 is 0 Å². The van der Waals surface area contributed by atoms with Crippen LogP contribution in [0.3, 0.4) is 0 Å². The Morgan fingerprint density at radius 3 is 1.27 bits per heavy atom. The fraction of sp³-hybridized carbons (Fsp3) is 0.333. The molecule has 0 bridgehead atoms. The van der Waals surface area contributed by atoms with Gasteiger partial charge in [0.05, 0.1) is 0 Å². The Balaban J connectivity index is -0.000000160. The van der Waals surface area contributed by atoms with E-state index in [-0.39, 0.29) is 50.7 Å². The van der Waals surface area contributed by atoms with Gasteiger partial charge in [0, 0.05) is 0 Å². The summed E-state index contributed by atoms with van der Waals surface area (Å²) in [6.07, 6.45) is 16.7. The van der Waals surface area contributed by atoms with Crippen LogP contribution in [0.15, 0.2) is 35.5 Å². The fourth-order valence-electron chi connectivity index (χ4n) is 1.03. The summed E-state index contributed by atoms with van der Waals surface area (Å²) in [4.78, 5) is 0. The normalized spacial score (nSPS) is 14.8. The molecule has 0 N–H and O–H groups in total. The average molecular weight is 408 g/mol. The van der Waals surface area contributed by atoms with Crippen LogP contribution in [-0.4, -0.2) is 0 Å². The first-order valence-corrected chi connectivity index (χ1v) is 4.27. The minimum Gasteiger partial charge on any atom is -1.00 e. The summed E-state index contributed by atoms with van der Waals surface area (Å²) in [5, 5.41) is 0. The van der Waals surface area contributed by atoms with E-state index in [4.69, 9.17) is 0 Å². The molecule has 0 atom stereocenters. The molecule has 2 rings (SSSR count). The zero-order valence-electron chi connectivity index (χ0n) is 8.98. The van der Waals surface area contributed by atoms with Crippen LogP contribution in [-0.2, 0) is 25.8 Å². The van der Waals surface area contributed by atoms with Crippen molar-refractivity contribution in [2.45, 2.75) is 26.7 Å². The van der Waals surface area contributed by atoms with Crippen molar-refractivity contribution in [3.8, 4) is 0 Å². The minimum atomic E-state index is 0. The standard InChI is InChI=1S/2C6H7.2ClH.Hf/c2*1-6-4-2-3-5-6;;;/h2*2,4H,3H2,1H3;2*1H;/q2*-1;;;+4/p-2. The fourth-order valence-corrected chi connectivity index (χ4v) is 1.03. The molecule has 0 aromatic heterocycles. The molecule has 80 valence electrons. The van der Waals surface area contributed by atoms with Crippen molar-refractivity contribution < 1.29 is 50.7 Å². The van der Waals surface area contributed by atoms with Gasteiger partial charge in [0.25, 0.3) is 0 Å². The third kappa shape index (κ3) is 10.7. The van der Waals surface area contributed by atoms with E-state index in [0.717, 1.165) is 12.8 Å². The van der Waals surface area contributed by atoms with Crippen LogP contribution < -0.4 is 24.8 Å². The molecule has 0 heterocycles. The second-order valence-electron chi connectivity index (χ2n) is 2.93. The van der Waals surface area contributed by atoms with Crippen LogP contribution in [0.2, 0.25) is 0 Å². The molecule has 0 saturated carbocycles. The van der Waals surface area contributed by atoms with Crippen LogP contribution in [0.25, 0.3) is 0 Å². The molecule has 2 aliphatic rings. The topological polar surface area (TPSA) is 0 Å². The largest absolute Gasteiger partial charge is 4.00 e. The van der Waals surface area contributed by atoms with E-state index in [1.54, 1.807) is 0 Å². The first-order valence-electron chi connectivity index (χ1n) is 4.27. The van der Waals surface area contributed by atoms with Crippen molar-refractivity contribution in [3.05, 3.63) is 47.6 Å². The van der Waals surface area contributed by atoms with E-state index in [2.05, 4.69) is 50.3 Å². The predicted octanol–water partition coefficient (Wildman–Crippen LogP) is -2.60. The van der Waals surface area contributed by atoms with Gasteiger partial charge in [-0.05, 0) is 0 Å². The van der Waals surface area contributed by atoms with Gasteiger partial charge >= 0.3 is 25.8 Å². The van der Waals surface area contributed by atoms with Crippen LogP contribution in [0, 0.1) is 12.2 Å². The van der Waals surface area contributed by atoms with E-state index in [0.29, 0.717) is 0 Å². The summed E-state index contributed by atoms with van der Waals surface area (Å²) in [6.45, 7) is 4.12. The number of hydrogen-bond acceptors (Lipinski definition) is 0. The summed E-state index contributed by atoms with van der Waals surface area (Å²) in [6, 6.07) is 0. The zero-order chi connectivity index (χ0) is 8.81. The molecule has 0 aromatic carbocycles. The maximum atomic E-state index is 3.12. The van der Waals surface area contributed by atoms with Crippen molar-refractivity contribution in [1.82, 2.24) is 0 Å². The summed E-state index contributed by atoms with van der Waals surface area (Å²) < 4.78 is 0. The van der Waals surface area contributed by atoms with Gasteiger partial charge in [0.2, 0.25) is 0 Å². The first-order chi connectivity index (χ1) is 5.79. The summed E-state index contributed by atoms with van der Waals surface area (Å²) >= 11 is 0. The number of halogens is 2. The molecule has 0 saturated heterocycles. The molecule has 15 heavy (non-hydrogen) atoms. The van der Waals surface area contributed by atoms with Crippen molar-refractivity contribution in [2.24, 2.45) is 0 Å². The maximum Gasteiger partial charge on any atom is 4.00 e. The van der Waals surface area contributed by atoms with Gasteiger partial charge < -0.3 is 24.8 Å². The first kappa shape index (κ1) is 20.8. The summed E-state index contributed by atoms with van der Waals surface area (Å²) in [5.41, 5.74) is 2.55. The molecule has 0 aliphatic heterocycles. The molecule has 0 amide bonds. The minimum absolute atomic E-state index is 0. The smallest absolute Gasteiger partial charge is 1.00 e. The Morgan fingerprint density at radius 2 is 1.20 bits per heavy atom. The van der Waals surface area contributed by atoms with Crippen molar-refractivity contribution in [3.63, 3.8) is 0 Å². The van der Waals surface area contributed by atoms with Gasteiger partial charge in [-0.2, -0.15) is 12.2 Å². The Bertz CT molecular complexity index is 229. The quantitative estimate of drug-likeness (QED) is 0.305. The second kappa shape index (κ2) is 12.5. The van der Waals surface area contributed by atoms with E-state index < -0.39 is 0 Å². The number of rotatable bonds is 0. The van der Waals surface area contributed by atoms with E-state index in [1.165, 1.54) is 11.1 Å². The van der Waals surface area contributed by atoms with Gasteiger partial charge in [-0.15, -0.1) is 12.8 Å². The monoisotopic (exact) mass is 408 g/mol. The Labute approximate surface area is 124 Å². The van der Waals surface area contributed by atoms with Gasteiger partial charge in [0.15, 0.2) is 0 Å². The summed E-state index contributed by atoms with van der Waals surface area (Å²) in [7, 11) is 0. The summed E-state index contributed by atoms with van der Waals surface area (Å²) in [5.74, 6) is 0. The zero-order valence-corrected chi connectivity index (χ0v) is 14.1. The van der Waals surface area contributed by atoms with Crippen molar-refractivity contribution in [2.75, 3.05) is 0 Å². The third-order valence-electron chi connectivity index (χ3n) is 1.73. The molecule has 0 fully saturated rings. The number of hydrogen-bond donors (Lipinski definition) is 0. The van der Waals surface area contributed by atoms with Crippen LogP contribution in [0.5, 0.6) is 0 Å². The molecule has 0 unspecified atom stereocenters. The SMILES string of the molecule is CC1=[C-]CC=C1.CC1=[C-]CC=C1.[Cl-].[Cl-].[Hf+4]. The van der Waals surface area contributed by atoms with Crippen molar-refractivity contribution in [1.29, 1.82) is 0 Å². The van der Waals surface area contributed by atoms with Crippen LogP contribution in [0.4, 0.5) is 0 Å². The Kier molecular flexibility index (Phi) is 17.3. The van der Waals surface area contributed by atoms with Gasteiger partial charge in [0.1, 0.15) is 0 Å². The molecule has 2 aliphatic carbocycles. The number of allylic oxidation sites excluding steroid dienone is 8. The Morgan fingerprint density at radius 1 is 0.867 bits per heavy atom. The molecular weight excluding hydrogens is 394 g/mol. The van der Waals surface area contributed by atoms with Gasteiger partial charge in [-0.25, -0.2) is 23.3 Å².